The molecule has 2 N–H and O–H groups in total. The van der Waals surface area contributed by atoms with Crippen molar-refractivity contribution in [1.82, 2.24) is 20.5 Å². The Hall–Kier alpha value is -1.14. The molecule has 0 aromatic carbocycles. The third-order valence-corrected chi connectivity index (χ3v) is 3.74. The smallest absolute Gasteiger partial charge is 0.244 e. The number of ether oxygens (including phenoxy) is 1. The van der Waals surface area contributed by atoms with Gasteiger partial charge in [-0.1, -0.05) is 6.92 Å². The summed E-state index contributed by atoms with van der Waals surface area (Å²) in [5.41, 5.74) is 0. The molecule has 1 aromatic heterocycles. The first kappa shape index (κ1) is 15.3. The van der Waals surface area contributed by atoms with E-state index < -0.39 is 0 Å². The summed E-state index contributed by atoms with van der Waals surface area (Å²) in [4.78, 5) is 6.84. The second-order valence-electron chi connectivity index (χ2n) is 5.43. The summed E-state index contributed by atoms with van der Waals surface area (Å²) in [7, 11) is 2.02. The molecule has 0 spiro atoms. The Morgan fingerprint density at radius 3 is 2.85 bits per heavy atom. The molecule has 1 aromatic rings. The van der Waals surface area contributed by atoms with E-state index in [2.05, 4.69) is 32.3 Å². The molecule has 0 aliphatic carbocycles. The van der Waals surface area contributed by atoms with Crippen LogP contribution < -0.4 is 10.2 Å². The number of rotatable bonds is 8. The van der Waals surface area contributed by atoms with Crippen LogP contribution in [0.4, 0.5) is 5.95 Å². The second-order valence-corrected chi connectivity index (χ2v) is 5.43. The van der Waals surface area contributed by atoms with Crippen LogP contribution in [0.15, 0.2) is 0 Å². The molecule has 0 amide bonds. The molecule has 6 heteroatoms. The van der Waals surface area contributed by atoms with Crippen LogP contribution in [0.2, 0.25) is 0 Å². The zero-order valence-electron chi connectivity index (χ0n) is 12.7. The summed E-state index contributed by atoms with van der Waals surface area (Å²) >= 11 is 0. The van der Waals surface area contributed by atoms with Crippen molar-refractivity contribution in [3.8, 4) is 0 Å². The van der Waals surface area contributed by atoms with Crippen molar-refractivity contribution in [3.63, 3.8) is 0 Å². The van der Waals surface area contributed by atoms with Crippen molar-refractivity contribution >= 4 is 5.95 Å². The Kier molecular flexibility index (Phi) is 6.26. The Bertz CT molecular complexity index is 373. The zero-order chi connectivity index (χ0) is 14.2. The lowest BCUT2D eigenvalue weighted by Gasteiger charge is -2.30. The number of nitrogens with zero attached hydrogens (tertiary/aromatic N) is 3. The van der Waals surface area contributed by atoms with E-state index in [0.717, 1.165) is 56.8 Å². The maximum atomic E-state index is 5.47. The Morgan fingerprint density at radius 1 is 1.35 bits per heavy atom. The number of piperidine rings is 1. The van der Waals surface area contributed by atoms with Gasteiger partial charge >= 0.3 is 0 Å². The van der Waals surface area contributed by atoms with Crippen molar-refractivity contribution in [2.24, 2.45) is 5.92 Å². The average molecular weight is 281 g/mol. The number of aromatic nitrogens is 3. The highest BCUT2D eigenvalue weighted by molar-refractivity contribution is 5.29. The SMILES string of the molecule is CCCOCCc1nc(N2CCC(CNC)CC2)n[nH]1. The van der Waals surface area contributed by atoms with Crippen LogP contribution in [0.5, 0.6) is 0 Å². The molecule has 2 heterocycles. The maximum Gasteiger partial charge on any atom is 0.244 e. The Balaban J connectivity index is 1.75. The molecule has 0 radical (unpaired) electrons. The lowest BCUT2D eigenvalue weighted by molar-refractivity contribution is 0.136. The predicted octanol–water partition coefficient (Wildman–Crippen LogP) is 1.21. The van der Waals surface area contributed by atoms with E-state index in [1.807, 2.05) is 7.05 Å². The van der Waals surface area contributed by atoms with Crippen LogP contribution in [0, 0.1) is 5.92 Å². The monoisotopic (exact) mass is 281 g/mol. The number of aromatic amines is 1. The minimum absolute atomic E-state index is 0.715. The van der Waals surface area contributed by atoms with Gasteiger partial charge in [0.2, 0.25) is 5.95 Å². The molecule has 0 atom stereocenters. The highest BCUT2D eigenvalue weighted by atomic mass is 16.5. The summed E-state index contributed by atoms with van der Waals surface area (Å²) in [5.74, 6) is 2.56. The van der Waals surface area contributed by atoms with Gasteiger partial charge in [0.25, 0.3) is 0 Å². The van der Waals surface area contributed by atoms with Crippen LogP contribution >= 0.6 is 0 Å². The highest BCUT2D eigenvalue weighted by Crippen LogP contribution is 2.19. The predicted molar refractivity (Wildman–Crippen MR) is 80.1 cm³/mol. The van der Waals surface area contributed by atoms with Gasteiger partial charge in [0, 0.05) is 26.1 Å². The fourth-order valence-corrected chi connectivity index (χ4v) is 2.58. The molecule has 1 aliphatic heterocycles. The molecule has 0 unspecified atom stereocenters. The third kappa shape index (κ3) is 4.45. The molecule has 1 saturated heterocycles. The van der Waals surface area contributed by atoms with E-state index in [9.17, 15) is 0 Å². The van der Waals surface area contributed by atoms with E-state index in [1.54, 1.807) is 0 Å². The quantitative estimate of drug-likeness (QED) is 0.701. The van der Waals surface area contributed by atoms with Crippen LogP contribution in [0.3, 0.4) is 0 Å². The molecule has 6 nitrogen and oxygen atoms in total. The molecule has 2 rings (SSSR count). The van der Waals surface area contributed by atoms with Gasteiger partial charge in [-0.25, -0.2) is 0 Å². The summed E-state index contributed by atoms with van der Waals surface area (Å²) in [6.07, 6.45) is 4.29. The minimum atomic E-state index is 0.715. The maximum absolute atomic E-state index is 5.47. The van der Waals surface area contributed by atoms with E-state index in [4.69, 9.17) is 4.74 Å². The van der Waals surface area contributed by atoms with Gasteiger partial charge in [-0.15, -0.1) is 5.10 Å². The molecule has 0 saturated carbocycles. The second kappa shape index (κ2) is 8.21. The Morgan fingerprint density at radius 2 is 2.15 bits per heavy atom. The fourth-order valence-electron chi connectivity index (χ4n) is 2.58. The van der Waals surface area contributed by atoms with E-state index in [0.29, 0.717) is 6.61 Å². The van der Waals surface area contributed by atoms with Gasteiger partial charge in [0.1, 0.15) is 5.82 Å². The largest absolute Gasteiger partial charge is 0.381 e. The lowest BCUT2D eigenvalue weighted by atomic mass is 9.97. The normalized spacial score (nSPS) is 16.8. The first-order valence-corrected chi connectivity index (χ1v) is 7.72. The van der Waals surface area contributed by atoms with Gasteiger partial charge in [0.05, 0.1) is 6.61 Å². The van der Waals surface area contributed by atoms with Crippen molar-refractivity contribution in [1.29, 1.82) is 0 Å². The van der Waals surface area contributed by atoms with E-state index >= 15 is 0 Å². The van der Waals surface area contributed by atoms with E-state index in [1.165, 1.54) is 12.8 Å². The summed E-state index contributed by atoms with van der Waals surface area (Å²) in [6, 6.07) is 0. The number of anilines is 1. The molecular formula is C14H27N5O. The molecule has 0 bridgehead atoms. The van der Waals surface area contributed by atoms with Crippen molar-refractivity contribution in [3.05, 3.63) is 5.82 Å². The van der Waals surface area contributed by atoms with Crippen molar-refractivity contribution in [2.45, 2.75) is 32.6 Å². The molecular weight excluding hydrogens is 254 g/mol. The van der Waals surface area contributed by atoms with Crippen LogP contribution in [-0.4, -0.2) is 55.1 Å². The lowest BCUT2D eigenvalue weighted by Crippen LogP contribution is -2.37. The van der Waals surface area contributed by atoms with Gasteiger partial charge in [-0.3, -0.25) is 5.10 Å². The van der Waals surface area contributed by atoms with Gasteiger partial charge in [-0.05, 0) is 38.8 Å². The number of hydrogen-bond acceptors (Lipinski definition) is 5. The summed E-state index contributed by atoms with van der Waals surface area (Å²) in [6.45, 7) is 6.87. The van der Waals surface area contributed by atoms with Crippen LogP contribution in [0.1, 0.15) is 32.0 Å². The topological polar surface area (TPSA) is 66.1 Å². The molecule has 114 valence electrons. The first-order valence-electron chi connectivity index (χ1n) is 7.72. The van der Waals surface area contributed by atoms with Crippen molar-refractivity contribution < 1.29 is 4.74 Å². The van der Waals surface area contributed by atoms with Crippen molar-refractivity contribution in [2.75, 3.05) is 44.8 Å². The Labute approximate surface area is 121 Å². The highest BCUT2D eigenvalue weighted by Gasteiger charge is 2.21. The number of hydrogen-bond donors (Lipinski definition) is 2. The van der Waals surface area contributed by atoms with Gasteiger partial charge < -0.3 is 15.0 Å². The zero-order valence-corrected chi connectivity index (χ0v) is 12.7. The van der Waals surface area contributed by atoms with Gasteiger partial charge in [0.15, 0.2) is 0 Å². The standard InChI is InChI=1S/C14H27N5O/c1-3-9-20-10-6-13-16-14(18-17-13)19-7-4-12(5-8-19)11-15-2/h12,15H,3-11H2,1-2H3,(H,16,17,18). The van der Waals surface area contributed by atoms with E-state index in [-0.39, 0.29) is 0 Å². The molecule has 1 aliphatic rings. The summed E-state index contributed by atoms with van der Waals surface area (Å²) < 4.78 is 5.47. The first-order chi connectivity index (χ1) is 9.83. The fraction of sp³-hybridized carbons (Fsp3) is 0.857. The average Bonchev–Trinajstić information content (AvgIpc) is 2.94. The summed E-state index contributed by atoms with van der Waals surface area (Å²) in [5, 5.41) is 10.6. The number of H-pyrrole nitrogens is 1. The van der Waals surface area contributed by atoms with Gasteiger partial charge in [-0.2, -0.15) is 4.98 Å². The third-order valence-electron chi connectivity index (χ3n) is 3.74. The minimum Gasteiger partial charge on any atom is -0.381 e. The molecule has 1 fully saturated rings. The molecule has 20 heavy (non-hydrogen) atoms. The number of nitrogens with one attached hydrogen (secondary N) is 2. The van der Waals surface area contributed by atoms with Crippen LogP contribution in [0.25, 0.3) is 0 Å². The van der Waals surface area contributed by atoms with Crippen LogP contribution in [-0.2, 0) is 11.2 Å².